The average molecular weight is 488 g/mol. The third kappa shape index (κ3) is 6.42. The molecule has 0 unspecified atom stereocenters. The molecule has 0 spiro atoms. The number of aryl methyl sites for hydroxylation is 1. The van der Waals surface area contributed by atoms with E-state index >= 15 is 0 Å². The largest absolute Gasteiger partial charge is 0.359 e. The van der Waals surface area contributed by atoms with E-state index < -0.39 is 0 Å². The van der Waals surface area contributed by atoms with Gasteiger partial charge in [-0.25, -0.2) is 0 Å². The van der Waals surface area contributed by atoms with Crippen LogP contribution in [0.3, 0.4) is 0 Å². The van der Waals surface area contributed by atoms with Gasteiger partial charge in [0.2, 0.25) is 0 Å². The van der Waals surface area contributed by atoms with Crippen LogP contribution in [0.15, 0.2) is 59.1 Å². The van der Waals surface area contributed by atoms with E-state index in [-0.39, 0.29) is 29.0 Å². The summed E-state index contributed by atoms with van der Waals surface area (Å²) in [5, 5.41) is 6.88. The Hall–Kier alpha value is -3.41. The van der Waals surface area contributed by atoms with E-state index in [0.29, 0.717) is 24.4 Å². The lowest BCUT2D eigenvalue weighted by molar-refractivity contribution is 0.0590. The number of nitrogens with one attached hydrogen (secondary N) is 1. The fourth-order valence-corrected chi connectivity index (χ4v) is 4.68. The second-order valence-electron chi connectivity index (χ2n) is 10.9. The summed E-state index contributed by atoms with van der Waals surface area (Å²) in [6.07, 6.45) is 5.38. The lowest BCUT2D eigenvalue weighted by Gasteiger charge is -2.34. The van der Waals surface area contributed by atoms with E-state index in [0.717, 1.165) is 31.2 Å². The smallest absolute Gasteiger partial charge is 0.273 e. The van der Waals surface area contributed by atoms with Gasteiger partial charge in [0.05, 0.1) is 6.54 Å². The summed E-state index contributed by atoms with van der Waals surface area (Å²) in [6, 6.07) is 17.7. The first-order chi connectivity index (χ1) is 17.2. The third-order valence-electron chi connectivity index (χ3n) is 6.97. The maximum atomic E-state index is 13.6. The Bertz CT molecular complexity index is 1170. The highest BCUT2D eigenvalue weighted by Gasteiger charge is 2.28. The van der Waals surface area contributed by atoms with Gasteiger partial charge in [0.1, 0.15) is 0 Å². The zero-order valence-corrected chi connectivity index (χ0v) is 21.8. The first kappa shape index (κ1) is 25.7. The van der Waals surface area contributed by atoms with E-state index in [1.807, 2.05) is 60.4 Å². The lowest BCUT2D eigenvalue weighted by Crippen LogP contribution is -2.41. The normalized spacial score (nSPS) is 14.4. The molecule has 2 aromatic carbocycles. The minimum atomic E-state index is -0.293. The van der Waals surface area contributed by atoms with Crippen LogP contribution in [-0.2, 0) is 18.5 Å². The molecule has 1 saturated carbocycles. The summed E-state index contributed by atoms with van der Waals surface area (Å²) in [6.45, 7) is 9.23. The van der Waals surface area contributed by atoms with Crippen LogP contribution in [0.5, 0.6) is 0 Å². The Morgan fingerprint density at radius 3 is 2.31 bits per heavy atom. The summed E-state index contributed by atoms with van der Waals surface area (Å²) >= 11 is 0. The van der Waals surface area contributed by atoms with E-state index in [1.54, 1.807) is 6.07 Å². The number of carbonyl (C=O) groups excluding carboxylic acids is 2. The number of aromatic nitrogens is 1. The van der Waals surface area contributed by atoms with Crippen molar-refractivity contribution in [2.45, 2.75) is 84.3 Å². The number of carbonyl (C=O) groups is 2. The highest BCUT2D eigenvalue weighted by Crippen LogP contribution is 2.27. The molecule has 1 fully saturated rings. The van der Waals surface area contributed by atoms with Gasteiger partial charge in [-0.3, -0.25) is 9.59 Å². The van der Waals surface area contributed by atoms with Crippen LogP contribution in [0.25, 0.3) is 0 Å². The van der Waals surface area contributed by atoms with Crippen LogP contribution in [0.1, 0.15) is 96.2 Å². The number of amides is 2. The highest BCUT2D eigenvalue weighted by molar-refractivity contribution is 5.94. The van der Waals surface area contributed by atoms with Crippen LogP contribution in [0.4, 0.5) is 0 Å². The molecule has 0 atom stereocenters. The van der Waals surface area contributed by atoms with Crippen LogP contribution in [0, 0.1) is 6.92 Å². The monoisotopic (exact) mass is 487 g/mol. The fourth-order valence-electron chi connectivity index (χ4n) is 4.68. The van der Waals surface area contributed by atoms with Gasteiger partial charge in [0.15, 0.2) is 11.5 Å². The quantitative estimate of drug-likeness (QED) is 0.431. The van der Waals surface area contributed by atoms with Crippen molar-refractivity contribution in [3.05, 3.63) is 88.3 Å². The average Bonchev–Trinajstić information content (AvgIpc) is 3.35. The van der Waals surface area contributed by atoms with E-state index in [4.69, 9.17) is 4.52 Å². The predicted molar refractivity (Wildman–Crippen MR) is 141 cm³/mol. The Kier molecular flexibility index (Phi) is 7.92. The molecule has 1 aliphatic rings. The zero-order chi connectivity index (χ0) is 25.7. The van der Waals surface area contributed by atoms with Crippen molar-refractivity contribution in [2.75, 3.05) is 0 Å². The molecule has 190 valence electrons. The molecule has 0 bridgehead atoms. The van der Waals surface area contributed by atoms with Crippen molar-refractivity contribution in [1.29, 1.82) is 0 Å². The standard InChI is InChI=1S/C30H37N3O3/c1-21-10-12-22(13-11-21)19-31-28(34)27-18-26(36-32-27)20-33(25-8-6-5-7-9-25)29(35)23-14-16-24(17-15-23)30(2,3)4/h10-18,25H,5-9,19-20H2,1-4H3,(H,31,34). The molecular weight excluding hydrogens is 450 g/mol. The Morgan fingerprint density at radius 2 is 1.67 bits per heavy atom. The first-order valence-corrected chi connectivity index (χ1v) is 12.9. The molecule has 2 amide bonds. The number of hydrogen-bond donors (Lipinski definition) is 1. The Morgan fingerprint density at radius 1 is 1.00 bits per heavy atom. The molecule has 1 aromatic heterocycles. The molecular formula is C30H37N3O3. The number of hydrogen-bond acceptors (Lipinski definition) is 4. The maximum absolute atomic E-state index is 13.6. The molecule has 3 aromatic rings. The third-order valence-corrected chi connectivity index (χ3v) is 6.97. The number of rotatable bonds is 7. The lowest BCUT2D eigenvalue weighted by atomic mass is 9.86. The van der Waals surface area contributed by atoms with Crippen molar-refractivity contribution in [1.82, 2.24) is 15.4 Å². The van der Waals surface area contributed by atoms with E-state index in [1.165, 1.54) is 17.5 Å². The van der Waals surface area contributed by atoms with Gasteiger partial charge in [-0.1, -0.05) is 87.2 Å². The topological polar surface area (TPSA) is 75.4 Å². The molecule has 1 heterocycles. The van der Waals surface area contributed by atoms with Crippen LogP contribution >= 0.6 is 0 Å². The second kappa shape index (κ2) is 11.1. The molecule has 1 N–H and O–H groups in total. The molecule has 0 aliphatic heterocycles. The van der Waals surface area contributed by atoms with Crippen LogP contribution < -0.4 is 5.32 Å². The molecule has 0 saturated heterocycles. The Balaban J connectivity index is 1.46. The molecule has 36 heavy (non-hydrogen) atoms. The van der Waals surface area contributed by atoms with Crippen molar-refractivity contribution in [2.24, 2.45) is 0 Å². The van der Waals surface area contributed by atoms with Gasteiger partial charge >= 0.3 is 0 Å². The van der Waals surface area contributed by atoms with Gasteiger partial charge in [0, 0.05) is 24.2 Å². The van der Waals surface area contributed by atoms with Crippen LogP contribution in [0.2, 0.25) is 0 Å². The predicted octanol–water partition coefficient (Wildman–Crippen LogP) is 6.19. The SMILES string of the molecule is Cc1ccc(CNC(=O)c2cc(CN(C(=O)c3ccc(C(C)(C)C)cc3)C3CCCCC3)on2)cc1. The van der Waals surface area contributed by atoms with Gasteiger partial charge in [-0.15, -0.1) is 0 Å². The molecule has 6 heteroatoms. The molecule has 4 rings (SSSR count). The zero-order valence-electron chi connectivity index (χ0n) is 21.8. The van der Waals surface area contributed by atoms with Gasteiger partial charge in [0.25, 0.3) is 11.8 Å². The minimum Gasteiger partial charge on any atom is -0.359 e. The summed E-state index contributed by atoms with van der Waals surface area (Å²) in [5.74, 6) is 0.212. The van der Waals surface area contributed by atoms with Gasteiger partial charge in [-0.05, 0) is 48.4 Å². The van der Waals surface area contributed by atoms with Gasteiger partial charge in [-0.2, -0.15) is 0 Å². The highest BCUT2D eigenvalue weighted by atomic mass is 16.5. The first-order valence-electron chi connectivity index (χ1n) is 12.9. The summed E-state index contributed by atoms with van der Waals surface area (Å²) < 4.78 is 5.52. The van der Waals surface area contributed by atoms with E-state index in [9.17, 15) is 9.59 Å². The summed E-state index contributed by atoms with van der Waals surface area (Å²) in [7, 11) is 0. The van der Waals surface area contributed by atoms with Gasteiger partial charge < -0.3 is 14.7 Å². The number of benzene rings is 2. The molecule has 0 radical (unpaired) electrons. The van der Waals surface area contributed by atoms with Crippen LogP contribution in [-0.4, -0.2) is 27.9 Å². The van der Waals surface area contributed by atoms with Crippen molar-refractivity contribution in [3.63, 3.8) is 0 Å². The summed E-state index contributed by atoms with van der Waals surface area (Å²) in [4.78, 5) is 28.2. The Labute approximate surface area is 214 Å². The fraction of sp³-hybridized carbons (Fsp3) is 0.433. The molecule has 6 nitrogen and oxygen atoms in total. The summed E-state index contributed by atoms with van der Waals surface area (Å²) in [5.41, 5.74) is 4.31. The maximum Gasteiger partial charge on any atom is 0.273 e. The minimum absolute atomic E-state index is 0.0101. The second-order valence-corrected chi connectivity index (χ2v) is 10.9. The number of nitrogens with zero attached hydrogens (tertiary/aromatic N) is 2. The van der Waals surface area contributed by atoms with E-state index in [2.05, 4.69) is 31.2 Å². The molecule has 1 aliphatic carbocycles. The van der Waals surface area contributed by atoms with Crippen molar-refractivity contribution < 1.29 is 14.1 Å². The van der Waals surface area contributed by atoms with Crippen molar-refractivity contribution >= 4 is 11.8 Å². The van der Waals surface area contributed by atoms with Crippen molar-refractivity contribution in [3.8, 4) is 0 Å².